The summed E-state index contributed by atoms with van der Waals surface area (Å²) in [7, 11) is 0. The molecule has 0 aromatic carbocycles. The van der Waals surface area contributed by atoms with Crippen LogP contribution in [0.5, 0.6) is 0 Å². The second-order valence-corrected chi connectivity index (χ2v) is 4.89. The quantitative estimate of drug-likeness (QED) is 0.507. The summed E-state index contributed by atoms with van der Waals surface area (Å²) in [5.74, 6) is 2.38. The van der Waals surface area contributed by atoms with Crippen LogP contribution in [-0.2, 0) is 12.3 Å². The number of aryl methyl sites for hydroxylation is 1. The van der Waals surface area contributed by atoms with Gasteiger partial charge in [0, 0.05) is 12.1 Å². The molecule has 0 fully saturated rings. The van der Waals surface area contributed by atoms with E-state index in [4.69, 9.17) is 0 Å². The van der Waals surface area contributed by atoms with Crippen LogP contribution < -0.4 is 4.57 Å². The fraction of sp³-hybridized carbons (Fsp3) is 0.615. The molecule has 0 aliphatic carbocycles. The van der Waals surface area contributed by atoms with Crippen LogP contribution >= 0.6 is 11.8 Å². The molecule has 0 spiro atoms. The number of pyridine rings is 1. The molecule has 1 heterocycles. The van der Waals surface area contributed by atoms with Gasteiger partial charge in [-0.25, -0.2) is 0 Å². The molecule has 1 aromatic heterocycles. The van der Waals surface area contributed by atoms with Crippen molar-refractivity contribution in [1.29, 1.82) is 0 Å². The number of thioether (sulfide) groups is 1. The van der Waals surface area contributed by atoms with Crippen molar-refractivity contribution in [2.45, 2.75) is 45.4 Å². The van der Waals surface area contributed by atoms with E-state index in [0.29, 0.717) is 0 Å². The molecule has 0 amide bonds. The summed E-state index contributed by atoms with van der Waals surface area (Å²) in [6.45, 7) is 4.45. The number of aromatic nitrogens is 1. The maximum absolute atomic E-state index is 2.26. The zero-order chi connectivity index (χ0) is 10.9. The number of hydrogen-bond acceptors (Lipinski definition) is 1. The van der Waals surface area contributed by atoms with Crippen molar-refractivity contribution < 1.29 is 4.57 Å². The Hall–Kier alpha value is -0.500. The van der Waals surface area contributed by atoms with Gasteiger partial charge in [0.15, 0.2) is 18.3 Å². The number of unbranched alkanes of at least 4 members (excludes halogenated alkanes) is 2. The zero-order valence-corrected chi connectivity index (χ0v) is 10.7. The van der Waals surface area contributed by atoms with Crippen LogP contribution in [0.3, 0.4) is 0 Å². The lowest BCUT2D eigenvalue weighted by molar-refractivity contribution is -0.676. The van der Waals surface area contributed by atoms with Gasteiger partial charge in [0.25, 0.3) is 0 Å². The second-order valence-electron chi connectivity index (χ2n) is 3.82. The molecule has 0 unspecified atom stereocenters. The highest BCUT2D eigenvalue weighted by molar-refractivity contribution is 7.98. The van der Waals surface area contributed by atoms with E-state index in [0.717, 1.165) is 12.3 Å². The summed E-state index contributed by atoms with van der Waals surface area (Å²) in [6.07, 6.45) is 9.54. The first-order valence-electron chi connectivity index (χ1n) is 5.92. The van der Waals surface area contributed by atoms with Crippen LogP contribution in [0.15, 0.2) is 24.5 Å². The van der Waals surface area contributed by atoms with Crippen molar-refractivity contribution in [3.05, 3.63) is 30.1 Å². The van der Waals surface area contributed by atoms with Crippen molar-refractivity contribution in [3.8, 4) is 0 Å². The van der Waals surface area contributed by atoms with Crippen LogP contribution in [0.2, 0.25) is 0 Å². The Kier molecular flexibility index (Phi) is 6.49. The highest BCUT2D eigenvalue weighted by atomic mass is 32.2. The van der Waals surface area contributed by atoms with E-state index >= 15 is 0 Å². The molecule has 0 N–H and O–H groups in total. The van der Waals surface area contributed by atoms with Crippen LogP contribution in [-0.4, -0.2) is 5.75 Å². The zero-order valence-electron chi connectivity index (χ0n) is 9.91. The molecule has 0 radical (unpaired) electrons. The highest BCUT2D eigenvalue weighted by Crippen LogP contribution is 2.06. The Morgan fingerprint density at radius 1 is 1.13 bits per heavy atom. The predicted molar refractivity (Wildman–Crippen MR) is 68.0 cm³/mol. The van der Waals surface area contributed by atoms with Crippen molar-refractivity contribution in [2.75, 3.05) is 5.75 Å². The highest BCUT2D eigenvalue weighted by Gasteiger charge is 1.99. The standard InChI is InChI=1S/C13H22NS/c1-3-5-6-11-15-12-14-9-7-13(4-2)8-10-14/h7-10H,3-6,11-12H2,1-2H3/q+1. The van der Waals surface area contributed by atoms with Crippen LogP contribution in [0, 0.1) is 0 Å². The molecule has 0 atom stereocenters. The molecule has 0 aliphatic heterocycles. The third-order valence-corrected chi connectivity index (χ3v) is 3.56. The number of nitrogens with zero attached hydrogens (tertiary/aromatic N) is 1. The van der Waals surface area contributed by atoms with E-state index in [1.54, 1.807) is 0 Å². The third-order valence-electron chi connectivity index (χ3n) is 2.50. The van der Waals surface area contributed by atoms with Gasteiger partial charge in [0.2, 0.25) is 0 Å². The maximum Gasteiger partial charge on any atom is 0.194 e. The summed E-state index contributed by atoms with van der Waals surface area (Å²) in [6, 6.07) is 4.43. The van der Waals surface area contributed by atoms with Crippen molar-refractivity contribution in [1.82, 2.24) is 0 Å². The monoisotopic (exact) mass is 224 g/mol. The van der Waals surface area contributed by atoms with Gasteiger partial charge in [-0.1, -0.05) is 38.5 Å². The van der Waals surface area contributed by atoms with E-state index < -0.39 is 0 Å². The van der Waals surface area contributed by atoms with Gasteiger partial charge in [0.1, 0.15) is 0 Å². The first-order chi connectivity index (χ1) is 7.36. The Labute approximate surface area is 97.9 Å². The molecule has 2 heteroatoms. The fourth-order valence-electron chi connectivity index (χ4n) is 1.43. The minimum absolute atomic E-state index is 1.09. The van der Waals surface area contributed by atoms with Crippen molar-refractivity contribution in [3.63, 3.8) is 0 Å². The molecule has 1 rings (SSSR count). The molecule has 0 aliphatic rings. The van der Waals surface area contributed by atoms with Crippen LogP contribution in [0.1, 0.15) is 38.7 Å². The lowest BCUT2D eigenvalue weighted by atomic mass is 10.2. The van der Waals surface area contributed by atoms with Crippen molar-refractivity contribution >= 4 is 11.8 Å². The predicted octanol–water partition coefficient (Wildman–Crippen LogP) is 3.42. The Morgan fingerprint density at radius 3 is 2.47 bits per heavy atom. The SMILES string of the molecule is CCCCCSC[n+]1ccc(CC)cc1. The van der Waals surface area contributed by atoms with Gasteiger partial charge in [-0.2, -0.15) is 4.57 Å². The minimum Gasteiger partial charge on any atom is -0.195 e. The van der Waals surface area contributed by atoms with Crippen LogP contribution in [0.4, 0.5) is 0 Å². The summed E-state index contributed by atoms with van der Waals surface area (Å²) >= 11 is 2.02. The summed E-state index contributed by atoms with van der Waals surface area (Å²) in [4.78, 5) is 0. The first kappa shape index (κ1) is 12.6. The molecular weight excluding hydrogens is 202 g/mol. The van der Waals surface area contributed by atoms with Gasteiger partial charge in [0.05, 0.1) is 0 Å². The molecule has 0 saturated heterocycles. The largest absolute Gasteiger partial charge is 0.195 e. The molecule has 1 nitrogen and oxygen atoms in total. The molecule has 0 saturated carbocycles. The summed E-state index contributed by atoms with van der Waals surface area (Å²) < 4.78 is 2.26. The average molecular weight is 224 g/mol. The number of hydrogen-bond donors (Lipinski definition) is 0. The van der Waals surface area contributed by atoms with E-state index in [1.165, 1.54) is 30.6 Å². The topological polar surface area (TPSA) is 3.88 Å². The van der Waals surface area contributed by atoms with E-state index in [1.807, 2.05) is 11.8 Å². The smallest absolute Gasteiger partial charge is 0.194 e. The second kappa shape index (κ2) is 7.75. The molecule has 15 heavy (non-hydrogen) atoms. The fourth-order valence-corrected chi connectivity index (χ4v) is 2.35. The Bertz CT molecular complexity index is 256. The van der Waals surface area contributed by atoms with Crippen molar-refractivity contribution in [2.24, 2.45) is 0 Å². The molecular formula is C13H22NS+. The average Bonchev–Trinajstić information content (AvgIpc) is 2.30. The Balaban J connectivity index is 2.20. The third kappa shape index (κ3) is 5.22. The van der Waals surface area contributed by atoms with Gasteiger partial charge in [-0.3, -0.25) is 0 Å². The lowest BCUT2D eigenvalue weighted by Crippen LogP contribution is -2.31. The normalized spacial score (nSPS) is 10.5. The maximum atomic E-state index is 2.26. The summed E-state index contributed by atoms with van der Waals surface area (Å²) in [5.41, 5.74) is 1.42. The summed E-state index contributed by atoms with van der Waals surface area (Å²) in [5, 5.41) is 0. The molecule has 84 valence electrons. The molecule has 0 bridgehead atoms. The van der Waals surface area contributed by atoms with Gasteiger partial charge in [-0.15, -0.1) is 0 Å². The van der Waals surface area contributed by atoms with Gasteiger partial charge < -0.3 is 0 Å². The van der Waals surface area contributed by atoms with E-state index in [2.05, 4.69) is 42.9 Å². The lowest BCUT2D eigenvalue weighted by Gasteiger charge is -1.98. The minimum atomic E-state index is 1.09. The van der Waals surface area contributed by atoms with Crippen LogP contribution in [0.25, 0.3) is 0 Å². The first-order valence-corrected chi connectivity index (χ1v) is 7.08. The van der Waals surface area contributed by atoms with E-state index in [9.17, 15) is 0 Å². The number of rotatable bonds is 7. The van der Waals surface area contributed by atoms with E-state index in [-0.39, 0.29) is 0 Å². The Morgan fingerprint density at radius 2 is 1.87 bits per heavy atom. The molecule has 1 aromatic rings. The van der Waals surface area contributed by atoms with Gasteiger partial charge >= 0.3 is 0 Å². The van der Waals surface area contributed by atoms with Gasteiger partial charge in [-0.05, 0) is 24.2 Å².